The standard InChI is InChI=1S/C24H22N2O3/c1-15(14-27)25-24(28)21-13-23(26-22-6-4-3-5-20(21)22)18-8-7-17-12-19(29-2)10-9-16(17)11-18/h3-13,15,27H,14H2,1-2H3,(H,25,28). The van der Waals surface area contributed by atoms with Crippen LogP contribution in [0.5, 0.6) is 5.75 Å². The summed E-state index contributed by atoms with van der Waals surface area (Å²) in [7, 11) is 1.65. The summed E-state index contributed by atoms with van der Waals surface area (Å²) < 4.78 is 5.29. The number of rotatable bonds is 5. The second kappa shape index (κ2) is 7.89. The first-order chi connectivity index (χ1) is 14.1. The van der Waals surface area contributed by atoms with Gasteiger partial charge < -0.3 is 15.2 Å². The highest BCUT2D eigenvalue weighted by Crippen LogP contribution is 2.29. The van der Waals surface area contributed by atoms with Crippen LogP contribution in [0.1, 0.15) is 17.3 Å². The number of methoxy groups -OCH3 is 1. The van der Waals surface area contributed by atoms with E-state index in [1.807, 2.05) is 60.7 Å². The Balaban J connectivity index is 1.83. The van der Waals surface area contributed by atoms with Gasteiger partial charge in [-0.15, -0.1) is 0 Å². The quantitative estimate of drug-likeness (QED) is 0.540. The van der Waals surface area contributed by atoms with Crippen molar-refractivity contribution in [1.82, 2.24) is 10.3 Å². The minimum Gasteiger partial charge on any atom is -0.497 e. The number of nitrogens with zero attached hydrogens (tertiary/aromatic N) is 1. The second-order valence-corrected chi connectivity index (χ2v) is 7.06. The molecule has 1 unspecified atom stereocenters. The molecule has 0 bridgehead atoms. The molecule has 0 aliphatic heterocycles. The van der Waals surface area contributed by atoms with Gasteiger partial charge in [0.05, 0.1) is 30.5 Å². The highest BCUT2D eigenvalue weighted by molar-refractivity contribution is 6.07. The average Bonchev–Trinajstić information content (AvgIpc) is 2.77. The van der Waals surface area contributed by atoms with Crippen LogP contribution in [0.4, 0.5) is 0 Å². The zero-order chi connectivity index (χ0) is 20.4. The topological polar surface area (TPSA) is 71.5 Å². The van der Waals surface area contributed by atoms with E-state index in [2.05, 4.69) is 11.4 Å². The molecule has 0 radical (unpaired) electrons. The van der Waals surface area contributed by atoms with Crippen molar-refractivity contribution in [3.63, 3.8) is 0 Å². The van der Waals surface area contributed by atoms with E-state index in [9.17, 15) is 9.90 Å². The van der Waals surface area contributed by atoms with E-state index in [1.54, 1.807) is 14.0 Å². The fourth-order valence-electron chi connectivity index (χ4n) is 3.37. The minimum atomic E-state index is -0.325. The maximum Gasteiger partial charge on any atom is 0.252 e. The zero-order valence-corrected chi connectivity index (χ0v) is 16.3. The molecule has 0 saturated heterocycles. The molecule has 0 aliphatic carbocycles. The van der Waals surface area contributed by atoms with Crippen LogP contribution in [0.15, 0.2) is 66.7 Å². The Morgan fingerprint density at radius 1 is 1.07 bits per heavy atom. The van der Waals surface area contributed by atoms with Gasteiger partial charge in [-0.1, -0.05) is 36.4 Å². The summed E-state index contributed by atoms with van der Waals surface area (Å²) >= 11 is 0. The third-order valence-electron chi connectivity index (χ3n) is 4.96. The Labute approximate surface area is 169 Å². The van der Waals surface area contributed by atoms with Crippen molar-refractivity contribution < 1.29 is 14.6 Å². The van der Waals surface area contributed by atoms with Crippen molar-refractivity contribution in [3.8, 4) is 17.0 Å². The van der Waals surface area contributed by atoms with Crippen LogP contribution < -0.4 is 10.1 Å². The van der Waals surface area contributed by atoms with Crippen LogP contribution >= 0.6 is 0 Å². The molecule has 146 valence electrons. The van der Waals surface area contributed by atoms with Gasteiger partial charge in [0, 0.05) is 17.0 Å². The fraction of sp³-hybridized carbons (Fsp3) is 0.167. The zero-order valence-electron chi connectivity index (χ0n) is 16.3. The smallest absolute Gasteiger partial charge is 0.252 e. The van der Waals surface area contributed by atoms with Crippen molar-refractivity contribution in [1.29, 1.82) is 0 Å². The summed E-state index contributed by atoms with van der Waals surface area (Å²) in [6.45, 7) is 1.65. The molecule has 0 spiro atoms. The summed E-state index contributed by atoms with van der Waals surface area (Å²) in [6, 6.07) is 21.1. The largest absolute Gasteiger partial charge is 0.497 e. The molecule has 0 aliphatic rings. The Bertz CT molecular complexity index is 1200. The molecule has 1 aromatic heterocycles. The van der Waals surface area contributed by atoms with Gasteiger partial charge in [0.1, 0.15) is 5.75 Å². The molecule has 2 N–H and O–H groups in total. The minimum absolute atomic E-state index is 0.115. The molecule has 5 heteroatoms. The predicted octanol–water partition coefficient (Wildman–Crippen LogP) is 4.17. The monoisotopic (exact) mass is 386 g/mol. The maximum atomic E-state index is 12.8. The highest BCUT2D eigenvalue weighted by atomic mass is 16.5. The molecule has 4 aromatic rings. The van der Waals surface area contributed by atoms with Crippen molar-refractivity contribution >= 4 is 27.6 Å². The second-order valence-electron chi connectivity index (χ2n) is 7.06. The van der Waals surface area contributed by atoms with Crippen LogP contribution in [-0.4, -0.2) is 35.8 Å². The van der Waals surface area contributed by atoms with Crippen LogP contribution in [0.2, 0.25) is 0 Å². The summed E-state index contributed by atoms with van der Waals surface area (Å²) in [5.74, 6) is 0.586. The number of amides is 1. The summed E-state index contributed by atoms with van der Waals surface area (Å²) in [5, 5.41) is 15.0. The van der Waals surface area contributed by atoms with E-state index >= 15 is 0 Å². The summed E-state index contributed by atoms with van der Waals surface area (Å²) in [6.07, 6.45) is 0. The highest BCUT2D eigenvalue weighted by Gasteiger charge is 2.15. The lowest BCUT2D eigenvalue weighted by Gasteiger charge is -2.14. The normalized spacial score (nSPS) is 12.1. The van der Waals surface area contributed by atoms with Gasteiger partial charge in [-0.3, -0.25) is 4.79 Å². The number of aromatic nitrogens is 1. The molecule has 0 fully saturated rings. The van der Waals surface area contributed by atoms with Gasteiger partial charge >= 0.3 is 0 Å². The van der Waals surface area contributed by atoms with E-state index in [0.29, 0.717) is 5.56 Å². The van der Waals surface area contributed by atoms with Crippen molar-refractivity contribution in [2.45, 2.75) is 13.0 Å². The molecule has 3 aromatic carbocycles. The number of hydrogen-bond donors (Lipinski definition) is 2. The average molecular weight is 386 g/mol. The number of nitrogens with one attached hydrogen (secondary N) is 1. The Kier molecular flexibility index (Phi) is 5.14. The lowest BCUT2D eigenvalue weighted by Crippen LogP contribution is -2.35. The third kappa shape index (κ3) is 3.77. The molecular weight excluding hydrogens is 364 g/mol. The predicted molar refractivity (Wildman–Crippen MR) is 115 cm³/mol. The number of fused-ring (bicyclic) bond motifs is 2. The van der Waals surface area contributed by atoms with E-state index in [-0.39, 0.29) is 18.6 Å². The number of benzene rings is 3. The summed E-state index contributed by atoms with van der Waals surface area (Å²) in [4.78, 5) is 17.6. The molecule has 1 heterocycles. The number of hydrogen-bond acceptors (Lipinski definition) is 4. The van der Waals surface area contributed by atoms with Gasteiger partial charge in [-0.05, 0) is 48.0 Å². The van der Waals surface area contributed by atoms with Crippen molar-refractivity contribution in [2.24, 2.45) is 0 Å². The number of para-hydroxylation sites is 1. The number of aliphatic hydroxyl groups is 1. The number of ether oxygens (including phenoxy) is 1. The molecular formula is C24H22N2O3. The first kappa shape index (κ1) is 18.9. The molecule has 4 rings (SSSR count). The number of carbonyl (C=O) groups excluding carboxylic acids is 1. The van der Waals surface area contributed by atoms with Crippen molar-refractivity contribution in [2.75, 3.05) is 13.7 Å². The molecule has 0 saturated carbocycles. The van der Waals surface area contributed by atoms with Crippen LogP contribution in [-0.2, 0) is 0 Å². The van der Waals surface area contributed by atoms with Gasteiger partial charge in [0.2, 0.25) is 0 Å². The molecule has 1 atom stereocenters. The Morgan fingerprint density at radius 3 is 2.62 bits per heavy atom. The van der Waals surface area contributed by atoms with Crippen molar-refractivity contribution in [3.05, 3.63) is 72.3 Å². The molecule has 29 heavy (non-hydrogen) atoms. The number of pyridine rings is 1. The van der Waals surface area contributed by atoms with Gasteiger partial charge in [0.25, 0.3) is 5.91 Å². The van der Waals surface area contributed by atoms with Crippen LogP contribution in [0.25, 0.3) is 32.9 Å². The SMILES string of the molecule is COc1ccc2cc(-c3cc(C(=O)NC(C)CO)c4ccccc4n3)ccc2c1. The first-order valence-electron chi connectivity index (χ1n) is 9.48. The number of carbonyl (C=O) groups is 1. The lowest BCUT2D eigenvalue weighted by molar-refractivity contribution is 0.0924. The molecule has 1 amide bonds. The fourth-order valence-corrected chi connectivity index (χ4v) is 3.37. The first-order valence-corrected chi connectivity index (χ1v) is 9.48. The lowest BCUT2D eigenvalue weighted by atomic mass is 10.0. The van der Waals surface area contributed by atoms with Crippen LogP contribution in [0.3, 0.4) is 0 Å². The van der Waals surface area contributed by atoms with Gasteiger partial charge in [-0.2, -0.15) is 0 Å². The third-order valence-corrected chi connectivity index (χ3v) is 4.96. The molecule has 5 nitrogen and oxygen atoms in total. The number of aliphatic hydroxyl groups excluding tert-OH is 1. The van der Waals surface area contributed by atoms with E-state index in [0.717, 1.165) is 38.7 Å². The van der Waals surface area contributed by atoms with E-state index in [4.69, 9.17) is 9.72 Å². The maximum absolute atomic E-state index is 12.8. The summed E-state index contributed by atoms with van der Waals surface area (Å²) in [5.41, 5.74) is 2.95. The van der Waals surface area contributed by atoms with Crippen LogP contribution in [0, 0.1) is 0 Å². The Hall–Kier alpha value is -3.44. The van der Waals surface area contributed by atoms with E-state index < -0.39 is 0 Å². The Morgan fingerprint density at radius 2 is 1.83 bits per heavy atom. The van der Waals surface area contributed by atoms with E-state index in [1.165, 1.54) is 0 Å². The van der Waals surface area contributed by atoms with Gasteiger partial charge in [0.15, 0.2) is 0 Å². The van der Waals surface area contributed by atoms with Gasteiger partial charge in [-0.25, -0.2) is 4.98 Å².